The first-order valence-corrected chi connectivity index (χ1v) is 3.16. The van der Waals surface area contributed by atoms with Crippen LogP contribution in [0.15, 0.2) is 12.7 Å². The SMILES string of the molecule is C=CCCCO.CCO. The van der Waals surface area contributed by atoms with Crippen molar-refractivity contribution in [3.8, 4) is 0 Å². The molecule has 0 heterocycles. The molecule has 0 amide bonds. The molecule has 2 nitrogen and oxygen atoms in total. The van der Waals surface area contributed by atoms with Gasteiger partial charge in [0.15, 0.2) is 0 Å². The average molecular weight is 132 g/mol. The maximum Gasteiger partial charge on any atom is 0.0433 e. The summed E-state index contributed by atoms with van der Waals surface area (Å²) in [6.07, 6.45) is 3.58. The summed E-state index contributed by atoms with van der Waals surface area (Å²) in [5.41, 5.74) is 0. The van der Waals surface area contributed by atoms with E-state index < -0.39 is 0 Å². The Labute approximate surface area is 56.8 Å². The summed E-state index contributed by atoms with van der Waals surface area (Å²) in [6.45, 7) is 5.70. The Hall–Kier alpha value is -0.340. The molecule has 0 atom stereocenters. The van der Waals surface area contributed by atoms with Gasteiger partial charge in [-0.2, -0.15) is 0 Å². The predicted molar refractivity (Wildman–Crippen MR) is 39.3 cm³/mol. The molecule has 0 saturated heterocycles. The third-order valence-electron chi connectivity index (χ3n) is 0.566. The predicted octanol–water partition coefficient (Wildman–Crippen LogP) is 0.944. The lowest BCUT2D eigenvalue weighted by molar-refractivity contribution is 0.289. The van der Waals surface area contributed by atoms with E-state index in [1.165, 1.54) is 0 Å². The Bertz CT molecular complexity index is 44.2. The maximum atomic E-state index is 8.15. The van der Waals surface area contributed by atoms with E-state index in [2.05, 4.69) is 6.58 Å². The third-order valence-corrected chi connectivity index (χ3v) is 0.566. The molecule has 0 saturated carbocycles. The summed E-state index contributed by atoms with van der Waals surface area (Å²) in [4.78, 5) is 0. The second kappa shape index (κ2) is 15.6. The van der Waals surface area contributed by atoms with Gasteiger partial charge in [0, 0.05) is 13.2 Å². The minimum atomic E-state index is 0.250. The summed E-state index contributed by atoms with van der Waals surface area (Å²) < 4.78 is 0. The highest BCUT2D eigenvalue weighted by Crippen LogP contribution is 1.83. The van der Waals surface area contributed by atoms with E-state index in [0.29, 0.717) is 0 Å². The number of aliphatic hydroxyl groups excluding tert-OH is 2. The topological polar surface area (TPSA) is 40.5 Å². The number of aliphatic hydroxyl groups is 2. The molecule has 0 radical (unpaired) electrons. The van der Waals surface area contributed by atoms with Crippen LogP contribution in [-0.4, -0.2) is 23.4 Å². The van der Waals surface area contributed by atoms with Crippen LogP contribution in [0.5, 0.6) is 0 Å². The fourth-order valence-corrected chi connectivity index (χ4v) is 0.236. The van der Waals surface area contributed by atoms with Gasteiger partial charge in [-0.15, -0.1) is 6.58 Å². The zero-order valence-electron chi connectivity index (χ0n) is 6.01. The molecule has 2 N–H and O–H groups in total. The molecule has 0 aliphatic rings. The van der Waals surface area contributed by atoms with Crippen LogP contribution in [0.4, 0.5) is 0 Å². The van der Waals surface area contributed by atoms with Crippen LogP contribution in [0, 0.1) is 0 Å². The van der Waals surface area contributed by atoms with Gasteiger partial charge in [0.05, 0.1) is 0 Å². The number of hydrogen-bond acceptors (Lipinski definition) is 2. The van der Waals surface area contributed by atoms with Crippen molar-refractivity contribution in [1.82, 2.24) is 0 Å². The summed E-state index contributed by atoms with van der Waals surface area (Å²) in [7, 11) is 0. The van der Waals surface area contributed by atoms with Gasteiger partial charge in [0.2, 0.25) is 0 Å². The van der Waals surface area contributed by atoms with Crippen LogP contribution in [0.1, 0.15) is 19.8 Å². The Morgan fingerprint density at radius 2 is 1.89 bits per heavy atom. The van der Waals surface area contributed by atoms with E-state index in [-0.39, 0.29) is 13.2 Å². The van der Waals surface area contributed by atoms with Gasteiger partial charge in [0.1, 0.15) is 0 Å². The van der Waals surface area contributed by atoms with Gasteiger partial charge in [-0.1, -0.05) is 6.08 Å². The summed E-state index contributed by atoms with van der Waals surface area (Å²) >= 11 is 0. The van der Waals surface area contributed by atoms with Crippen molar-refractivity contribution in [2.24, 2.45) is 0 Å². The molecule has 0 fully saturated rings. The minimum Gasteiger partial charge on any atom is -0.397 e. The summed E-state index contributed by atoms with van der Waals surface area (Å²) in [5.74, 6) is 0. The monoisotopic (exact) mass is 132 g/mol. The van der Waals surface area contributed by atoms with E-state index >= 15 is 0 Å². The van der Waals surface area contributed by atoms with Gasteiger partial charge in [-0.3, -0.25) is 0 Å². The second-order valence-corrected chi connectivity index (χ2v) is 1.47. The van der Waals surface area contributed by atoms with Crippen LogP contribution in [0.25, 0.3) is 0 Å². The summed E-state index contributed by atoms with van der Waals surface area (Å²) in [5, 5.41) is 15.7. The van der Waals surface area contributed by atoms with Crippen molar-refractivity contribution in [1.29, 1.82) is 0 Å². The normalized spacial score (nSPS) is 7.44. The number of unbranched alkanes of at least 4 members (excludes halogenated alkanes) is 1. The highest BCUT2D eigenvalue weighted by molar-refractivity contribution is 4.64. The van der Waals surface area contributed by atoms with Crippen molar-refractivity contribution in [2.45, 2.75) is 19.8 Å². The molecule has 0 bridgehead atoms. The lowest BCUT2D eigenvalue weighted by Crippen LogP contribution is -1.76. The fraction of sp³-hybridized carbons (Fsp3) is 0.714. The van der Waals surface area contributed by atoms with Crippen LogP contribution in [-0.2, 0) is 0 Å². The van der Waals surface area contributed by atoms with Crippen molar-refractivity contribution >= 4 is 0 Å². The molecular formula is C7H16O2. The maximum absolute atomic E-state index is 8.15. The molecule has 0 aliphatic carbocycles. The molecule has 0 unspecified atom stereocenters. The average Bonchev–Trinajstić information content (AvgIpc) is 1.86. The first-order chi connectivity index (χ1) is 4.33. The first kappa shape index (κ1) is 11.5. The van der Waals surface area contributed by atoms with E-state index in [0.717, 1.165) is 12.8 Å². The summed E-state index contributed by atoms with van der Waals surface area (Å²) in [6, 6.07) is 0. The molecule has 0 aliphatic heterocycles. The highest BCUT2D eigenvalue weighted by atomic mass is 16.3. The van der Waals surface area contributed by atoms with Crippen LogP contribution >= 0.6 is 0 Å². The van der Waals surface area contributed by atoms with Crippen LogP contribution in [0.2, 0.25) is 0 Å². The quantitative estimate of drug-likeness (QED) is 0.443. The van der Waals surface area contributed by atoms with E-state index in [9.17, 15) is 0 Å². The van der Waals surface area contributed by atoms with Gasteiger partial charge in [-0.25, -0.2) is 0 Å². The second-order valence-electron chi connectivity index (χ2n) is 1.47. The molecule has 0 rings (SSSR count). The highest BCUT2D eigenvalue weighted by Gasteiger charge is 1.72. The molecule has 9 heavy (non-hydrogen) atoms. The number of allylic oxidation sites excluding steroid dienone is 1. The fourth-order valence-electron chi connectivity index (χ4n) is 0.236. The smallest absolute Gasteiger partial charge is 0.0433 e. The Morgan fingerprint density at radius 3 is 2.00 bits per heavy atom. The lowest BCUT2D eigenvalue weighted by atomic mass is 10.3. The lowest BCUT2D eigenvalue weighted by Gasteiger charge is -1.81. The van der Waals surface area contributed by atoms with Crippen LogP contribution in [0.3, 0.4) is 0 Å². The molecule has 0 aromatic rings. The third kappa shape index (κ3) is 34.7. The van der Waals surface area contributed by atoms with Gasteiger partial charge in [0.25, 0.3) is 0 Å². The van der Waals surface area contributed by atoms with Gasteiger partial charge in [-0.05, 0) is 19.8 Å². The largest absolute Gasteiger partial charge is 0.397 e. The molecule has 0 aromatic heterocycles. The number of hydrogen-bond donors (Lipinski definition) is 2. The van der Waals surface area contributed by atoms with Gasteiger partial charge < -0.3 is 10.2 Å². The van der Waals surface area contributed by atoms with Crippen molar-refractivity contribution in [3.05, 3.63) is 12.7 Å². The Kier molecular flexibility index (Phi) is 19.9. The van der Waals surface area contributed by atoms with Gasteiger partial charge >= 0.3 is 0 Å². The molecule has 0 spiro atoms. The molecule has 2 heteroatoms. The zero-order chi connectivity index (χ0) is 7.54. The minimum absolute atomic E-state index is 0.250. The van der Waals surface area contributed by atoms with E-state index in [1.54, 1.807) is 13.0 Å². The van der Waals surface area contributed by atoms with E-state index in [1.807, 2.05) is 0 Å². The first-order valence-electron chi connectivity index (χ1n) is 3.16. The Balaban J connectivity index is 0. The molecule has 0 aromatic carbocycles. The number of rotatable bonds is 3. The zero-order valence-corrected chi connectivity index (χ0v) is 6.01. The molecule has 56 valence electrons. The van der Waals surface area contributed by atoms with Crippen LogP contribution < -0.4 is 0 Å². The Morgan fingerprint density at radius 1 is 1.44 bits per heavy atom. The van der Waals surface area contributed by atoms with Crippen molar-refractivity contribution in [2.75, 3.05) is 13.2 Å². The van der Waals surface area contributed by atoms with Crippen molar-refractivity contribution in [3.63, 3.8) is 0 Å². The van der Waals surface area contributed by atoms with E-state index in [4.69, 9.17) is 10.2 Å². The molecular weight excluding hydrogens is 116 g/mol. The van der Waals surface area contributed by atoms with Crippen molar-refractivity contribution < 1.29 is 10.2 Å². The standard InChI is InChI=1S/C5H10O.C2H6O/c1-2-3-4-5-6;1-2-3/h2,6H,1,3-5H2;3H,2H2,1H3.